The highest BCUT2D eigenvalue weighted by molar-refractivity contribution is 7.19. The van der Waals surface area contributed by atoms with Crippen LogP contribution in [-0.4, -0.2) is 45.0 Å². The minimum Gasteiger partial charge on any atom is -0.389 e. The Bertz CT molecular complexity index is 1050. The van der Waals surface area contributed by atoms with Gasteiger partial charge in [0, 0.05) is 26.2 Å². The third kappa shape index (κ3) is 3.77. The summed E-state index contributed by atoms with van der Waals surface area (Å²) in [6.45, 7) is 5.32. The number of hydrogen-bond acceptors (Lipinski definition) is 9. The average molecular weight is 431 g/mol. The van der Waals surface area contributed by atoms with Crippen molar-refractivity contribution in [3.8, 4) is 10.6 Å². The first-order valence-corrected chi connectivity index (χ1v) is 10.7. The van der Waals surface area contributed by atoms with Gasteiger partial charge in [-0.2, -0.15) is 5.10 Å². The van der Waals surface area contributed by atoms with Crippen molar-refractivity contribution >= 4 is 33.8 Å². The van der Waals surface area contributed by atoms with E-state index in [0.29, 0.717) is 27.2 Å². The summed E-state index contributed by atoms with van der Waals surface area (Å²) in [6, 6.07) is 0.207. The Morgan fingerprint density at radius 2 is 2.13 bits per heavy atom. The number of nitrogens with zero attached hydrogens (tertiary/aromatic N) is 5. The lowest BCUT2D eigenvalue weighted by atomic mass is 10.1. The zero-order valence-corrected chi connectivity index (χ0v) is 18.1. The van der Waals surface area contributed by atoms with Crippen LogP contribution >= 0.6 is 11.3 Å². The molecule has 4 rings (SSSR count). The molecular formula is C19H26N8O2S. The lowest BCUT2D eigenvalue weighted by molar-refractivity contribution is 0.102. The Morgan fingerprint density at radius 1 is 1.33 bits per heavy atom. The molecule has 0 saturated carbocycles. The number of nitrogens with one attached hydrogen (secondary N) is 1. The summed E-state index contributed by atoms with van der Waals surface area (Å²) in [5.41, 5.74) is 14.5. The van der Waals surface area contributed by atoms with Crippen LogP contribution in [0.15, 0.2) is 10.7 Å². The Balaban J connectivity index is 1.58. The fourth-order valence-corrected chi connectivity index (χ4v) is 4.77. The number of rotatable bonds is 4. The molecule has 30 heavy (non-hydrogen) atoms. The van der Waals surface area contributed by atoms with Gasteiger partial charge in [0.2, 0.25) is 0 Å². The average Bonchev–Trinajstić information content (AvgIpc) is 3.30. The lowest BCUT2D eigenvalue weighted by Crippen LogP contribution is -2.29. The van der Waals surface area contributed by atoms with Crippen molar-refractivity contribution in [1.82, 2.24) is 19.9 Å². The van der Waals surface area contributed by atoms with Gasteiger partial charge in [0.05, 0.1) is 17.5 Å². The molecule has 1 atom stereocenters. The largest absolute Gasteiger partial charge is 0.389 e. The highest BCUT2D eigenvalue weighted by atomic mass is 32.1. The molecule has 0 aliphatic carbocycles. The molecule has 1 aliphatic heterocycles. The van der Waals surface area contributed by atoms with Crippen molar-refractivity contribution in [2.75, 3.05) is 29.0 Å². The van der Waals surface area contributed by atoms with E-state index in [1.165, 1.54) is 11.3 Å². The summed E-state index contributed by atoms with van der Waals surface area (Å²) in [7, 11) is 1.86. The van der Waals surface area contributed by atoms with Crippen molar-refractivity contribution < 1.29 is 9.32 Å². The Kier molecular flexibility index (Phi) is 5.48. The van der Waals surface area contributed by atoms with Gasteiger partial charge in [-0.3, -0.25) is 9.48 Å². The summed E-state index contributed by atoms with van der Waals surface area (Å²) in [4.78, 5) is 19.7. The molecular weight excluding hydrogens is 404 g/mol. The molecule has 11 heteroatoms. The highest BCUT2D eigenvalue weighted by Crippen LogP contribution is 2.35. The minimum atomic E-state index is -0.373. The zero-order chi connectivity index (χ0) is 21.4. The first-order valence-electron chi connectivity index (χ1n) is 9.88. The van der Waals surface area contributed by atoms with Crippen molar-refractivity contribution in [3.05, 3.63) is 23.3 Å². The molecule has 0 radical (unpaired) electrons. The molecule has 1 saturated heterocycles. The summed E-state index contributed by atoms with van der Waals surface area (Å²) >= 11 is 1.24. The van der Waals surface area contributed by atoms with Gasteiger partial charge in [-0.25, -0.2) is 4.98 Å². The second kappa shape index (κ2) is 8.07. The van der Waals surface area contributed by atoms with Crippen LogP contribution in [0.2, 0.25) is 0 Å². The maximum absolute atomic E-state index is 13.0. The summed E-state index contributed by atoms with van der Waals surface area (Å²) in [6.07, 6.45) is 4.55. The van der Waals surface area contributed by atoms with Gasteiger partial charge in [0.1, 0.15) is 21.5 Å². The molecule has 1 amide bonds. The molecule has 4 heterocycles. The Morgan fingerprint density at radius 3 is 2.87 bits per heavy atom. The molecule has 10 nitrogen and oxygen atoms in total. The number of anilines is 3. The number of hydrogen-bond donors (Lipinski definition) is 3. The zero-order valence-electron chi connectivity index (χ0n) is 17.3. The van der Waals surface area contributed by atoms with Gasteiger partial charge in [-0.1, -0.05) is 16.5 Å². The highest BCUT2D eigenvalue weighted by Gasteiger charge is 2.25. The van der Waals surface area contributed by atoms with E-state index < -0.39 is 0 Å². The monoisotopic (exact) mass is 430 g/mol. The number of aryl methyl sites for hydroxylation is 3. The number of carbonyl (C=O) groups excluding carboxylic acids is 1. The van der Waals surface area contributed by atoms with E-state index in [9.17, 15) is 4.79 Å². The topological polar surface area (TPSA) is 141 Å². The van der Waals surface area contributed by atoms with Crippen LogP contribution in [0.4, 0.5) is 16.5 Å². The molecule has 1 aliphatic rings. The van der Waals surface area contributed by atoms with Crippen LogP contribution in [0.5, 0.6) is 0 Å². The lowest BCUT2D eigenvalue weighted by Gasteiger charge is -2.24. The van der Waals surface area contributed by atoms with Crippen LogP contribution in [0.3, 0.4) is 0 Å². The van der Waals surface area contributed by atoms with Crippen LogP contribution in [0.1, 0.15) is 41.2 Å². The second-order valence-corrected chi connectivity index (χ2v) is 8.60. The van der Waals surface area contributed by atoms with E-state index in [4.69, 9.17) is 16.0 Å². The molecule has 3 aromatic rings. The number of aromatic nitrogens is 4. The quantitative estimate of drug-likeness (QED) is 0.572. The maximum atomic E-state index is 13.0. The van der Waals surface area contributed by atoms with Crippen molar-refractivity contribution in [2.24, 2.45) is 12.8 Å². The SMILES string of the molecule is Cc1noc(C)c1-c1nc(C(=O)Nc2cnn(C)c2N2CCCC(N)CC2)c(N)s1. The second-order valence-electron chi connectivity index (χ2n) is 7.57. The van der Waals surface area contributed by atoms with Crippen LogP contribution in [-0.2, 0) is 7.05 Å². The standard InChI is InChI=1S/C19H26N8O2S/c1-10-14(11(2)29-25-10)18-24-15(16(21)30-18)17(28)23-13-9-22-26(3)19(13)27-7-4-5-12(20)6-8-27/h9,12H,4-8,20-21H2,1-3H3,(H,23,28). The molecule has 160 valence electrons. The van der Waals surface area contributed by atoms with E-state index in [2.05, 4.69) is 25.5 Å². The van der Waals surface area contributed by atoms with Crippen molar-refractivity contribution in [1.29, 1.82) is 0 Å². The predicted octanol–water partition coefficient (Wildman–Crippen LogP) is 2.30. The third-order valence-electron chi connectivity index (χ3n) is 5.34. The summed E-state index contributed by atoms with van der Waals surface area (Å²) in [5, 5.41) is 12.2. The maximum Gasteiger partial charge on any atom is 0.277 e. The molecule has 5 N–H and O–H groups in total. The van der Waals surface area contributed by atoms with Crippen molar-refractivity contribution in [3.63, 3.8) is 0 Å². The van der Waals surface area contributed by atoms with E-state index in [1.54, 1.807) is 10.9 Å². The molecule has 1 fully saturated rings. The summed E-state index contributed by atoms with van der Waals surface area (Å²) < 4.78 is 6.98. The molecule has 0 aromatic carbocycles. The number of amides is 1. The number of thiazole rings is 1. The third-order valence-corrected chi connectivity index (χ3v) is 6.25. The first kappa shape index (κ1) is 20.4. The van der Waals surface area contributed by atoms with Crippen LogP contribution in [0, 0.1) is 13.8 Å². The Labute approximate surface area is 178 Å². The first-order chi connectivity index (χ1) is 14.3. The van der Waals surface area contributed by atoms with E-state index in [-0.39, 0.29) is 17.6 Å². The van der Waals surface area contributed by atoms with Crippen LogP contribution < -0.4 is 21.7 Å². The number of carbonyl (C=O) groups is 1. The Hall–Kier alpha value is -2.92. The smallest absolute Gasteiger partial charge is 0.277 e. The van der Waals surface area contributed by atoms with Gasteiger partial charge in [-0.15, -0.1) is 0 Å². The molecule has 0 bridgehead atoms. The number of nitrogens with two attached hydrogens (primary N) is 2. The minimum absolute atomic E-state index is 0.183. The van der Waals surface area contributed by atoms with E-state index in [0.717, 1.165) is 43.7 Å². The van der Waals surface area contributed by atoms with Gasteiger partial charge in [0.25, 0.3) is 5.91 Å². The molecule has 0 spiro atoms. The van der Waals surface area contributed by atoms with Crippen molar-refractivity contribution in [2.45, 2.75) is 39.2 Å². The number of nitrogen functional groups attached to an aromatic ring is 1. The van der Waals surface area contributed by atoms with E-state index in [1.807, 2.05) is 20.9 Å². The van der Waals surface area contributed by atoms with Gasteiger partial charge >= 0.3 is 0 Å². The fourth-order valence-electron chi connectivity index (χ4n) is 3.80. The van der Waals surface area contributed by atoms with E-state index >= 15 is 0 Å². The molecule has 1 unspecified atom stereocenters. The van der Waals surface area contributed by atoms with Gasteiger partial charge < -0.3 is 26.2 Å². The fraction of sp³-hybridized carbons (Fsp3) is 0.474. The predicted molar refractivity (Wildman–Crippen MR) is 117 cm³/mol. The molecule has 3 aromatic heterocycles. The summed E-state index contributed by atoms with van der Waals surface area (Å²) in [5.74, 6) is 1.13. The normalized spacial score (nSPS) is 17.2. The van der Waals surface area contributed by atoms with Gasteiger partial charge in [0.15, 0.2) is 11.5 Å². The van der Waals surface area contributed by atoms with Crippen LogP contribution in [0.25, 0.3) is 10.6 Å². The van der Waals surface area contributed by atoms with Gasteiger partial charge in [-0.05, 0) is 33.1 Å².